The number of carbonyl (C=O) groups excluding carboxylic acids is 1. The van der Waals surface area contributed by atoms with Crippen LogP contribution >= 0.6 is 39.1 Å². The molecule has 0 aromatic heterocycles. The Labute approximate surface area is 225 Å². The van der Waals surface area contributed by atoms with Crippen molar-refractivity contribution < 1.29 is 13.2 Å². The number of hydrogen-bond donors (Lipinski definition) is 1. The van der Waals surface area contributed by atoms with Gasteiger partial charge in [-0.1, -0.05) is 57.3 Å². The third-order valence-corrected chi connectivity index (χ3v) is 8.91. The quantitative estimate of drug-likeness (QED) is 0.312. The molecule has 3 rings (SSSR count). The molecule has 0 aliphatic carbocycles. The van der Waals surface area contributed by atoms with Crippen LogP contribution in [0.1, 0.15) is 40.8 Å². The maximum atomic E-state index is 13.5. The van der Waals surface area contributed by atoms with Crippen molar-refractivity contribution in [3.8, 4) is 0 Å². The van der Waals surface area contributed by atoms with Gasteiger partial charge >= 0.3 is 0 Å². The van der Waals surface area contributed by atoms with E-state index in [1.807, 2.05) is 27.7 Å². The predicted molar refractivity (Wildman–Crippen MR) is 145 cm³/mol. The van der Waals surface area contributed by atoms with Crippen LogP contribution < -0.4 is 5.32 Å². The zero-order valence-corrected chi connectivity index (χ0v) is 23.8. The first-order valence-electron chi connectivity index (χ1n) is 10.9. The molecule has 0 heterocycles. The van der Waals surface area contributed by atoms with E-state index in [0.29, 0.717) is 15.6 Å². The Morgan fingerprint density at radius 3 is 2.20 bits per heavy atom. The first-order valence-corrected chi connectivity index (χ1v) is 13.9. The van der Waals surface area contributed by atoms with Gasteiger partial charge in [0.2, 0.25) is 15.9 Å². The van der Waals surface area contributed by atoms with Crippen LogP contribution in [0.4, 0.5) is 0 Å². The van der Waals surface area contributed by atoms with Crippen molar-refractivity contribution in [3.63, 3.8) is 0 Å². The molecule has 0 bridgehead atoms. The minimum absolute atomic E-state index is 0.0419. The highest BCUT2D eigenvalue weighted by molar-refractivity contribution is 9.10. The minimum Gasteiger partial charge on any atom is -0.348 e. The summed E-state index contributed by atoms with van der Waals surface area (Å²) in [5.74, 6) is -0.407. The molecule has 3 aromatic rings. The summed E-state index contributed by atoms with van der Waals surface area (Å²) in [6, 6.07) is 15.1. The predicted octanol–water partition coefficient (Wildman–Crippen LogP) is 6.75. The van der Waals surface area contributed by atoms with Gasteiger partial charge in [0.15, 0.2) is 0 Å². The second kappa shape index (κ2) is 11.4. The smallest absolute Gasteiger partial charge is 0.243 e. The summed E-state index contributed by atoms with van der Waals surface area (Å²) in [6.45, 7) is 7.56. The van der Waals surface area contributed by atoms with Gasteiger partial charge in [-0.2, -0.15) is 4.31 Å². The zero-order valence-electron chi connectivity index (χ0n) is 19.9. The van der Waals surface area contributed by atoms with Crippen molar-refractivity contribution in [1.29, 1.82) is 0 Å². The molecule has 0 unspecified atom stereocenters. The van der Waals surface area contributed by atoms with Gasteiger partial charge in [0.05, 0.1) is 27.5 Å². The third-order valence-electron chi connectivity index (χ3n) is 5.84. The van der Waals surface area contributed by atoms with Crippen molar-refractivity contribution in [2.24, 2.45) is 0 Å². The lowest BCUT2D eigenvalue weighted by molar-refractivity contribution is -0.122. The second-order valence-corrected chi connectivity index (χ2v) is 12.2. The summed E-state index contributed by atoms with van der Waals surface area (Å²) in [5, 5.41) is 3.64. The van der Waals surface area contributed by atoms with Gasteiger partial charge in [-0.25, -0.2) is 8.42 Å². The highest BCUT2D eigenvalue weighted by Gasteiger charge is 2.28. The van der Waals surface area contributed by atoms with E-state index < -0.39 is 15.9 Å². The number of carbonyl (C=O) groups is 1. The lowest BCUT2D eigenvalue weighted by Gasteiger charge is -2.24. The number of amides is 1. The average molecular weight is 598 g/mol. The Morgan fingerprint density at radius 1 is 0.943 bits per heavy atom. The lowest BCUT2D eigenvalue weighted by Crippen LogP contribution is -2.41. The van der Waals surface area contributed by atoms with Gasteiger partial charge in [0, 0.05) is 11.0 Å². The fraction of sp³-hybridized carbons (Fsp3) is 0.269. The Kier molecular flexibility index (Phi) is 9.05. The molecule has 0 aliphatic heterocycles. The summed E-state index contributed by atoms with van der Waals surface area (Å²) < 4.78 is 28.9. The van der Waals surface area contributed by atoms with E-state index in [9.17, 15) is 13.2 Å². The Balaban J connectivity index is 1.88. The fourth-order valence-corrected chi connectivity index (χ4v) is 5.77. The van der Waals surface area contributed by atoms with E-state index in [1.54, 1.807) is 30.3 Å². The van der Waals surface area contributed by atoms with E-state index >= 15 is 0 Å². The molecule has 186 valence electrons. The van der Waals surface area contributed by atoms with E-state index in [1.165, 1.54) is 17.7 Å². The zero-order chi connectivity index (χ0) is 25.9. The highest BCUT2D eigenvalue weighted by Crippen LogP contribution is 2.26. The van der Waals surface area contributed by atoms with Gasteiger partial charge < -0.3 is 5.32 Å². The van der Waals surface area contributed by atoms with E-state index in [0.717, 1.165) is 25.5 Å². The number of hydrogen-bond acceptors (Lipinski definition) is 3. The van der Waals surface area contributed by atoms with Gasteiger partial charge in [-0.15, -0.1) is 0 Å². The van der Waals surface area contributed by atoms with Crippen LogP contribution in [-0.2, 0) is 21.4 Å². The van der Waals surface area contributed by atoms with Crippen LogP contribution in [0, 0.1) is 20.8 Å². The van der Waals surface area contributed by atoms with E-state index in [-0.39, 0.29) is 24.0 Å². The van der Waals surface area contributed by atoms with E-state index in [4.69, 9.17) is 23.2 Å². The van der Waals surface area contributed by atoms with Gasteiger partial charge in [0.1, 0.15) is 0 Å². The molecule has 0 saturated carbocycles. The maximum absolute atomic E-state index is 13.5. The lowest BCUT2D eigenvalue weighted by atomic mass is 9.96. The number of nitrogens with one attached hydrogen (secondary N) is 1. The number of aryl methyl sites for hydroxylation is 3. The molecule has 1 amide bonds. The number of sulfonamides is 1. The first kappa shape index (κ1) is 27.7. The molecule has 3 aromatic carbocycles. The molecular formula is C26H27BrCl2N2O3S. The molecule has 1 N–H and O–H groups in total. The minimum atomic E-state index is -3.98. The topological polar surface area (TPSA) is 66.5 Å². The van der Waals surface area contributed by atoms with Crippen LogP contribution in [0.5, 0.6) is 0 Å². The molecule has 5 nitrogen and oxygen atoms in total. The first-order chi connectivity index (χ1) is 16.4. The summed E-state index contributed by atoms with van der Waals surface area (Å²) in [5.41, 5.74) is 4.99. The third kappa shape index (κ3) is 6.86. The van der Waals surface area contributed by atoms with Gasteiger partial charge in [-0.3, -0.25) is 4.79 Å². The SMILES string of the molecule is Cc1cc(C)c([C@@H](C)NC(=O)CN(Cc2ccc(Cl)c(Cl)c2)S(=O)(=O)c2ccc(Br)cc2)cc1C. The molecule has 0 aliphatic rings. The average Bonchev–Trinajstić information content (AvgIpc) is 2.78. The van der Waals surface area contributed by atoms with Crippen LogP contribution in [0.25, 0.3) is 0 Å². The van der Waals surface area contributed by atoms with Crippen LogP contribution in [0.15, 0.2) is 64.0 Å². The number of halogens is 3. The standard InChI is InChI=1S/C26H27BrCl2N2O3S/c1-16-11-18(3)23(12-17(16)2)19(4)30-26(32)15-31(14-20-5-10-24(28)25(29)13-20)35(33,34)22-8-6-21(27)7-9-22/h5-13,19H,14-15H2,1-4H3,(H,30,32)/t19-/m1/s1. The second-order valence-electron chi connectivity index (χ2n) is 8.56. The number of nitrogens with zero attached hydrogens (tertiary/aromatic N) is 1. The summed E-state index contributed by atoms with van der Waals surface area (Å²) in [7, 11) is -3.98. The molecule has 0 saturated heterocycles. The van der Waals surface area contributed by atoms with Crippen LogP contribution in [0.3, 0.4) is 0 Å². The number of benzene rings is 3. The Bertz CT molecular complexity index is 1350. The molecule has 0 radical (unpaired) electrons. The molecule has 1 atom stereocenters. The largest absolute Gasteiger partial charge is 0.348 e. The van der Waals surface area contributed by atoms with Crippen LogP contribution in [0.2, 0.25) is 10.0 Å². The van der Waals surface area contributed by atoms with Gasteiger partial charge in [0.25, 0.3) is 0 Å². The monoisotopic (exact) mass is 596 g/mol. The Hall–Kier alpha value is -1.90. The van der Waals surface area contributed by atoms with E-state index in [2.05, 4.69) is 33.4 Å². The summed E-state index contributed by atoms with van der Waals surface area (Å²) >= 11 is 15.5. The van der Waals surface area contributed by atoms with Crippen molar-refractivity contribution in [2.45, 2.75) is 45.2 Å². The Morgan fingerprint density at radius 2 is 1.57 bits per heavy atom. The number of rotatable bonds is 8. The highest BCUT2D eigenvalue weighted by atomic mass is 79.9. The molecule has 0 fully saturated rings. The van der Waals surface area contributed by atoms with Gasteiger partial charge in [-0.05, 0) is 91.9 Å². The summed E-state index contributed by atoms with van der Waals surface area (Å²) in [6.07, 6.45) is 0. The van der Waals surface area contributed by atoms with Crippen molar-refractivity contribution in [1.82, 2.24) is 9.62 Å². The molecule has 0 spiro atoms. The van der Waals surface area contributed by atoms with Crippen molar-refractivity contribution in [2.75, 3.05) is 6.54 Å². The maximum Gasteiger partial charge on any atom is 0.243 e. The molecular weight excluding hydrogens is 571 g/mol. The fourth-order valence-electron chi connectivity index (χ4n) is 3.80. The van der Waals surface area contributed by atoms with Crippen molar-refractivity contribution in [3.05, 3.63) is 96.9 Å². The van der Waals surface area contributed by atoms with Crippen molar-refractivity contribution >= 4 is 55.1 Å². The molecule has 9 heteroatoms. The van der Waals surface area contributed by atoms with Crippen LogP contribution in [-0.4, -0.2) is 25.2 Å². The summed E-state index contributed by atoms with van der Waals surface area (Å²) in [4.78, 5) is 13.2. The normalized spacial score (nSPS) is 12.6. The molecule has 35 heavy (non-hydrogen) atoms.